The Balaban J connectivity index is 1.72. The van der Waals surface area contributed by atoms with Gasteiger partial charge in [-0.2, -0.15) is 0 Å². The molecule has 3 rings (SSSR count). The second-order valence-corrected chi connectivity index (χ2v) is 6.06. The maximum absolute atomic E-state index is 6.53. The number of halogens is 1. The summed E-state index contributed by atoms with van der Waals surface area (Å²) in [5, 5.41) is 2.44. The lowest BCUT2D eigenvalue weighted by Crippen LogP contribution is -1.92. The molecule has 2 aliphatic carbocycles. The molecular formula is C12H15ClS. The fraction of sp³-hybridized carbons (Fsp3) is 0.667. The quantitative estimate of drug-likeness (QED) is 0.653. The number of alkyl halides is 1. The molecule has 0 spiro atoms. The molecule has 2 aliphatic rings. The van der Waals surface area contributed by atoms with Crippen LogP contribution in [0, 0.1) is 17.8 Å². The Kier molecular flexibility index (Phi) is 2.33. The number of hydrogen-bond acceptors (Lipinski definition) is 1. The second-order valence-electron chi connectivity index (χ2n) is 4.61. The van der Waals surface area contributed by atoms with Gasteiger partial charge in [0, 0.05) is 4.88 Å². The molecule has 0 nitrogen and oxygen atoms in total. The van der Waals surface area contributed by atoms with E-state index in [0.29, 0.717) is 5.38 Å². The minimum Gasteiger partial charge on any atom is -0.147 e. The van der Waals surface area contributed by atoms with Gasteiger partial charge in [0.05, 0.1) is 5.38 Å². The predicted molar refractivity (Wildman–Crippen MR) is 61.9 cm³/mol. The first kappa shape index (κ1) is 9.23. The summed E-state index contributed by atoms with van der Waals surface area (Å²) >= 11 is 8.34. The smallest absolute Gasteiger partial charge is 0.0712 e. The van der Waals surface area contributed by atoms with Gasteiger partial charge in [0.15, 0.2) is 0 Å². The average Bonchev–Trinajstić information content (AvgIpc) is 2.70. The Labute approximate surface area is 94.3 Å². The monoisotopic (exact) mass is 226 g/mol. The largest absolute Gasteiger partial charge is 0.147 e. The highest BCUT2D eigenvalue weighted by Gasteiger charge is 2.54. The van der Waals surface area contributed by atoms with Crippen LogP contribution in [0.2, 0.25) is 0 Å². The Bertz CT molecular complexity index is 294. The van der Waals surface area contributed by atoms with E-state index >= 15 is 0 Å². The third-order valence-electron chi connectivity index (χ3n) is 3.88. The molecule has 2 heteroatoms. The van der Waals surface area contributed by atoms with E-state index in [2.05, 4.69) is 17.5 Å². The maximum atomic E-state index is 6.53. The molecule has 3 atom stereocenters. The van der Waals surface area contributed by atoms with Crippen LogP contribution in [0.4, 0.5) is 0 Å². The lowest BCUT2D eigenvalue weighted by molar-refractivity contribution is 0.480. The Morgan fingerprint density at radius 3 is 2.57 bits per heavy atom. The van der Waals surface area contributed by atoms with Gasteiger partial charge in [-0.3, -0.25) is 0 Å². The molecule has 14 heavy (non-hydrogen) atoms. The van der Waals surface area contributed by atoms with Crippen molar-refractivity contribution in [3.63, 3.8) is 0 Å². The van der Waals surface area contributed by atoms with E-state index in [9.17, 15) is 0 Å². The molecule has 3 unspecified atom stereocenters. The molecular weight excluding hydrogens is 212 g/mol. The Morgan fingerprint density at radius 2 is 2.00 bits per heavy atom. The van der Waals surface area contributed by atoms with E-state index in [0.717, 1.165) is 17.8 Å². The van der Waals surface area contributed by atoms with Gasteiger partial charge in [-0.05, 0) is 42.0 Å². The van der Waals surface area contributed by atoms with Crippen molar-refractivity contribution >= 4 is 22.9 Å². The van der Waals surface area contributed by atoms with Gasteiger partial charge in [-0.1, -0.05) is 18.9 Å². The Morgan fingerprint density at radius 1 is 1.29 bits per heavy atom. The Hall–Kier alpha value is -0.0100. The van der Waals surface area contributed by atoms with E-state index < -0.39 is 0 Å². The van der Waals surface area contributed by atoms with Gasteiger partial charge in [0.2, 0.25) is 0 Å². The molecule has 0 aromatic carbocycles. The van der Waals surface area contributed by atoms with Gasteiger partial charge in [-0.15, -0.1) is 22.9 Å². The predicted octanol–water partition coefficient (Wildman–Crippen LogP) is 4.46. The van der Waals surface area contributed by atoms with E-state index in [4.69, 9.17) is 11.6 Å². The number of thiophene rings is 1. The van der Waals surface area contributed by atoms with Gasteiger partial charge in [0.1, 0.15) is 0 Å². The van der Waals surface area contributed by atoms with Crippen LogP contribution in [0.5, 0.6) is 0 Å². The standard InChI is InChI=1S/C12H15ClS/c13-12(10-6-3-7-14-10)11-8-4-1-2-5-9(8)11/h3,6-9,11-12H,1-2,4-5H2. The van der Waals surface area contributed by atoms with Crippen molar-refractivity contribution in [3.05, 3.63) is 22.4 Å². The average molecular weight is 227 g/mol. The molecule has 1 aromatic heterocycles. The van der Waals surface area contributed by atoms with E-state index in [1.54, 1.807) is 0 Å². The van der Waals surface area contributed by atoms with Crippen LogP contribution in [-0.2, 0) is 0 Å². The van der Waals surface area contributed by atoms with Crippen molar-refractivity contribution in [3.8, 4) is 0 Å². The normalized spacial score (nSPS) is 37.6. The minimum absolute atomic E-state index is 0.308. The van der Waals surface area contributed by atoms with E-state index in [1.165, 1.54) is 30.6 Å². The first-order valence-corrected chi connectivity index (χ1v) is 6.87. The zero-order valence-corrected chi connectivity index (χ0v) is 9.73. The van der Waals surface area contributed by atoms with Gasteiger partial charge in [-0.25, -0.2) is 0 Å². The molecule has 2 fully saturated rings. The van der Waals surface area contributed by atoms with Gasteiger partial charge in [0.25, 0.3) is 0 Å². The fourth-order valence-electron chi connectivity index (χ4n) is 3.12. The summed E-state index contributed by atoms with van der Waals surface area (Å²) in [5.74, 6) is 2.74. The highest BCUT2D eigenvalue weighted by Crippen LogP contribution is 2.62. The third-order valence-corrected chi connectivity index (χ3v) is 5.49. The van der Waals surface area contributed by atoms with Gasteiger partial charge < -0.3 is 0 Å². The summed E-state index contributed by atoms with van der Waals surface area (Å²) < 4.78 is 0. The molecule has 0 saturated heterocycles. The van der Waals surface area contributed by atoms with Crippen molar-refractivity contribution in [2.45, 2.75) is 31.1 Å². The van der Waals surface area contributed by atoms with Crippen LogP contribution in [0.25, 0.3) is 0 Å². The van der Waals surface area contributed by atoms with Crippen LogP contribution >= 0.6 is 22.9 Å². The third kappa shape index (κ3) is 1.42. The zero-order valence-electron chi connectivity index (χ0n) is 8.16. The van der Waals surface area contributed by atoms with Crippen LogP contribution in [-0.4, -0.2) is 0 Å². The van der Waals surface area contributed by atoms with Crippen molar-refractivity contribution in [1.82, 2.24) is 0 Å². The van der Waals surface area contributed by atoms with Crippen molar-refractivity contribution in [2.75, 3.05) is 0 Å². The van der Waals surface area contributed by atoms with Crippen LogP contribution < -0.4 is 0 Å². The topological polar surface area (TPSA) is 0 Å². The molecule has 0 N–H and O–H groups in total. The van der Waals surface area contributed by atoms with Crippen molar-refractivity contribution in [2.24, 2.45) is 17.8 Å². The van der Waals surface area contributed by atoms with E-state index in [1.807, 2.05) is 11.3 Å². The molecule has 76 valence electrons. The SMILES string of the molecule is ClC(c1cccs1)C1C2CCCCC21. The summed E-state index contributed by atoms with van der Waals surface area (Å²) in [4.78, 5) is 1.38. The molecule has 0 bridgehead atoms. The summed E-state index contributed by atoms with van der Waals surface area (Å²) in [6.07, 6.45) is 5.74. The zero-order chi connectivity index (χ0) is 9.54. The molecule has 0 aliphatic heterocycles. The fourth-order valence-corrected chi connectivity index (χ4v) is 4.48. The van der Waals surface area contributed by atoms with E-state index in [-0.39, 0.29) is 0 Å². The molecule has 1 aromatic rings. The summed E-state index contributed by atoms with van der Waals surface area (Å²) in [5.41, 5.74) is 0. The highest BCUT2D eigenvalue weighted by atomic mass is 35.5. The molecule has 1 heterocycles. The first-order chi connectivity index (χ1) is 6.88. The molecule has 0 radical (unpaired) electrons. The summed E-state index contributed by atoms with van der Waals surface area (Å²) in [6.45, 7) is 0. The number of fused-ring (bicyclic) bond motifs is 1. The van der Waals surface area contributed by atoms with Gasteiger partial charge >= 0.3 is 0 Å². The maximum Gasteiger partial charge on any atom is 0.0712 e. The minimum atomic E-state index is 0.308. The van der Waals surface area contributed by atoms with Crippen molar-refractivity contribution < 1.29 is 0 Å². The molecule has 2 saturated carbocycles. The molecule has 0 amide bonds. The van der Waals surface area contributed by atoms with Crippen LogP contribution in [0.1, 0.15) is 35.9 Å². The number of hydrogen-bond donors (Lipinski definition) is 0. The summed E-state index contributed by atoms with van der Waals surface area (Å²) in [7, 11) is 0. The highest BCUT2D eigenvalue weighted by molar-refractivity contribution is 7.10. The number of rotatable bonds is 2. The van der Waals surface area contributed by atoms with Crippen LogP contribution in [0.15, 0.2) is 17.5 Å². The lowest BCUT2D eigenvalue weighted by Gasteiger charge is -2.05. The lowest BCUT2D eigenvalue weighted by atomic mass is 10.0. The van der Waals surface area contributed by atoms with Crippen LogP contribution in [0.3, 0.4) is 0 Å². The van der Waals surface area contributed by atoms with Crippen molar-refractivity contribution in [1.29, 1.82) is 0 Å². The first-order valence-electron chi connectivity index (χ1n) is 5.55. The summed E-state index contributed by atoms with van der Waals surface area (Å²) in [6, 6.07) is 4.30. The second kappa shape index (κ2) is 3.53.